The highest BCUT2D eigenvalue weighted by Gasteiger charge is 2.46. The normalized spacial score (nSPS) is 20.0. The molecule has 50 heavy (non-hydrogen) atoms. The van der Waals surface area contributed by atoms with Crippen molar-refractivity contribution in [3.8, 4) is 0 Å². The summed E-state index contributed by atoms with van der Waals surface area (Å²) in [4.78, 5) is 2.27. The average molecular weight is 700 g/mol. The second kappa shape index (κ2) is 34.9. The number of methoxy groups -OCH3 is 1. The summed E-state index contributed by atoms with van der Waals surface area (Å²) in [6, 6.07) is 0. The molecule has 0 saturated carbocycles. The van der Waals surface area contributed by atoms with E-state index in [2.05, 4.69) is 81.5 Å². The molecule has 1 aliphatic rings. The molecule has 4 heteroatoms. The van der Waals surface area contributed by atoms with E-state index in [1.807, 2.05) is 0 Å². The van der Waals surface area contributed by atoms with Crippen molar-refractivity contribution in [2.45, 2.75) is 212 Å². The second-order valence-electron chi connectivity index (χ2n) is 15.3. The fraction of sp³-hybridized carbons (Fsp3) is 0.826. The van der Waals surface area contributed by atoms with Gasteiger partial charge in [0.25, 0.3) is 0 Å². The van der Waals surface area contributed by atoms with Gasteiger partial charge in [-0.15, -0.1) is 0 Å². The quantitative estimate of drug-likeness (QED) is 0.0481. The van der Waals surface area contributed by atoms with Crippen LogP contribution in [-0.4, -0.2) is 57.3 Å². The Bertz CT molecular complexity index is 833. The lowest BCUT2D eigenvalue weighted by Gasteiger charge is -2.29. The lowest BCUT2D eigenvalue weighted by atomic mass is 9.98. The molecular formula is C46H85NO3. The van der Waals surface area contributed by atoms with Crippen LogP contribution >= 0.6 is 0 Å². The lowest BCUT2D eigenvalue weighted by molar-refractivity contribution is -0.188. The van der Waals surface area contributed by atoms with Crippen molar-refractivity contribution in [1.82, 2.24) is 4.90 Å². The highest BCUT2D eigenvalue weighted by atomic mass is 16.8. The van der Waals surface area contributed by atoms with Crippen LogP contribution in [0.1, 0.15) is 194 Å². The molecule has 4 nitrogen and oxygen atoms in total. The smallest absolute Gasteiger partial charge is 0.169 e. The number of unbranched alkanes of at least 4 members (excludes halogenated alkanes) is 18. The fourth-order valence-electron chi connectivity index (χ4n) is 6.97. The number of rotatable bonds is 36. The molecule has 3 atom stereocenters. The van der Waals surface area contributed by atoms with E-state index in [1.54, 1.807) is 7.11 Å². The standard InChI is InChI=1S/C46H85NO3/c1-6-8-10-12-14-16-18-20-22-23-25-27-29-31-33-35-37-41-46(49-44(38-42-47(3)4)45(50-46)39-43-48-5)40-36-34-32-30-28-26-24-21-19-17-15-13-11-9-7-2/h14-17,20-22,24,44-45H,6-13,18-19,23,25-43H2,1-5H3. The molecule has 1 aliphatic heterocycles. The monoisotopic (exact) mass is 700 g/mol. The Morgan fingerprint density at radius 3 is 1.28 bits per heavy atom. The first-order valence-electron chi connectivity index (χ1n) is 21.7. The van der Waals surface area contributed by atoms with Crippen LogP contribution < -0.4 is 0 Å². The van der Waals surface area contributed by atoms with Gasteiger partial charge in [-0.3, -0.25) is 0 Å². The molecule has 0 aromatic heterocycles. The zero-order valence-corrected chi connectivity index (χ0v) is 34.2. The third-order valence-corrected chi connectivity index (χ3v) is 10.1. The number of nitrogens with zero attached hydrogens (tertiary/aromatic N) is 1. The Balaban J connectivity index is 2.37. The van der Waals surface area contributed by atoms with Gasteiger partial charge >= 0.3 is 0 Å². The van der Waals surface area contributed by atoms with Crippen molar-refractivity contribution in [1.29, 1.82) is 0 Å². The molecule has 0 aliphatic carbocycles. The number of allylic oxidation sites excluding steroid dienone is 8. The van der Waals surface area contributed by atoms with Crippen LogP contribution in [0.2, 0.25) is 0 Å². The SMILES string of the molecule is CCCCCC=CCC=CCCCCCCCCCC1(CCCCCCCC=CCC=CCCCCC)OC(CCOC)C(CCN(C)C)O1. The molecule has 0 aromatic carbocycles. The summed E-state index contributed by atoms with van der Waals surface area (Å²) < 4.78 is 19.3. The van der Waals surface area contributed by atoms with Crippen molar-refractivity contribution in [2.75, 3.05) is 34.4 Å². The van der Waals surface area contributed by atoms with Gasteiger partial charge in [-0.25, -0.2) is 0 Å². The maximum atomic E-state index is 6.93. The summed E-state index contributed by atoms with van der Waals surface area (Å²) in [5.74, 6) is -0.404. The largest absolute Gasteiger partial charge is 0.385 e. The summed E-state index contributed by atoms with van der Waals surface area (Å²) in [7, 11) is 6.11. The van der Waals surface area contributed by atoms with Crippen molar-refractivity contribution >= 4 is 0 Å². The lowest BCUT2D eigenvalue weighted by Crippen LogP contribution is -2.31. The minimum atomic E-state index is -0.404. The van der Waals surface area contributed by atoms with Crippen molar-refractivity contribution in [3.63, 3.8) is 0 Å². The van der Waals surface area contributed by atoms with E-state index in [0.29, 0.717) is 0 Å². The Hall–Kier alpha value is -1.20. The van der Waals surface area contributed by atoms with E-state index >= 15 is 0 Å². The highest BCUT2D eigenvalue weighted by Crippen LogP contribution is 2.40. The summed E-state index contributed by atoms with van der Waals surface area (Å²) in [6.45, 7) is 6.30. The molecule has 0 amide bonds. The molecule has 292 valence electrons. The highest BCUT2D eigenvalue weighted by molar-refractivity contribution is 4.93. The number of hydrogen-bond acceptors (Lipinski definition) is 4. The van der Waals surface area contributed by atoms with Crippen LogP contribution in [-0.2, 0) is 14.2 Å². The Labute approximate surface area is 312 Å². The minimum Gasteiger partial charge on any atom is -0.385 e. The summed E-state index contributed by atoms with van der Waals surface area (Å²) >= 11 is 0. The number of hydrogen-bond donors (Lipinski definition) is 0. The van der Waals surface area contributed by atoms with Crippen molar-refractivity contribution in [2.24, 2.45) is 0 Å². The van der Waals surface area contributed by atoms with Crippen molar-refractivity contribution in [3.05, 3.63) is 48.6 Å². The van der Waals surface area contributed by atoms with Crippen LogP contribution in [0.15, 0.2) is 48.6 Å². The first kappa shape index (κ1) is 46.8. The summed E-state index contributed by atoms with van der Waals surface area (Å²) in [6.07, 6.45) is 53.8. The molecule has 3 unspecified atom stereocenters. The fourth-order valence-corrected chi connectivity index (χ4v) is 6.97. The first-order valence-corrected chi connectivity index (χ1v) is 21.7. The molecule has 0 radical (unpaired) electrons. The van der Waals surface area contributed by atoms with Crippen molar-refractivity contribution < 1.29 is 14.2 Å². The van der Waals surface area contributed by atoms with Crippen LogP contribution in [0.4, 0.5) is 0 Å². The first-order chi connectivity index (χ1) is 24.6. The summed E-state index contributed by atoms with van der Waals surface area (Å²) in [5.41, 5.74) is 0. The van der Waals surface area contributed by atoms with Gasteiger partial charge in [0.15, 0.2) is 5.79 Å². The molecule has 1 saturated heterocycles. The number of ether oxygens (including phenoxy) is 3. The molecule has 0 aromatic rings. The van der Waals surface area contributed by atoms with Crippen LogP contribution in [0.5, 0.6) is 0 Å². The Kier molecular flexibility index (Phi) is 32.6. The second-order valence-corrected chi connectivity index (χ2v) is 15.3. The maximum Gasteiger partial charge on any atom is 0.169 e. The maximum absolute atomic E-state index is 6.93. The van der Waals surface area contributed by atoms with Gasteiger partial charge < -0.3 is 19.1 Å². The molecule has 1 rings (SSSR count). The van der Waals surface area contributed by atoms with E-state index in [0.717, 1.165) is 51.7 Å². The van der Waals surface area contributed by atoms with Crippen LogP contribution in [0.3, 0.4) is 0 Å². The van der Waals surface area contributed by atoms with Crippen LogP contribution in [0.25, 0.3) is 0 Å². The zero-order valence-electron chi connectivity index (χ0n) is 34.2. The molecular weight excluding hydrogens is 615 g/mol. The van der Waals surface area contributed by atoms with Gasteiger partial charge in [-0.1, -0.05) is 140 Å². The van der Waals surface area contributed by atoms with E-state index in [4.69, 9.17) is 14.2 Å². The van der Waals surface area contributed by atoms with Gasteiger partial charge in [0.05, 0.1) is 12.2 Å². The molecule has 0 N–H and O–H groups in total. The van der Waals surface area contributed by atoms with Gasteiger partial charge in [-0.05, 0) is 104 Å². The summed E-state index contributed by atoms with van der Waals surface area (Å²) in [5, 5.41) is 0. The topological polar surface area (TPSA) is 30.9 Å². The van der Waals surface area contributed by atoms with Gasteiger partial charge in [0.2, 0.25) is 0 Å². The minimum absolute atomic E-state index is 0.142. The van der Waals surface area contributed by atoms with E-state index in [-0.39, 0.29) is 12.2 Å². The van der Waals surface area contributed by atoms with Gasteiger partial charge in [-0.2, -0.15) is 0 Å². The third kappa shape index (κ3) is 27.5. The van der Waals surface area contributed by atoms with Gasteiger partial charge in [0, 0.05) is 33.1 Å². The molecule has 0 spiro atoms. The zero-order chi connectivity index (χ0) is 36.2. The Morgan fingerprint density at radius 2 is 0.880 bits per heavy atom. The van der Waals surface area contributed by atoms with E-state index < -0.39 is 5.79 Å². The molecule has 0 bridgehead atoms. The predicted molar refractivity (Wildman–Crippen MR) is 220 cm³/mol. The van der Waals surface area contributed by atoms with Crippen LogP contribution in [0, 0.1) is 0 Å². The van der Waals surface area contributed by atoms with E-state index in [1.165, 1.54) is 141 Å². The van der Waals surface area contributed by atoms with E-state index in [9.17, 15) is 0 Å². The predicted octanol–water partition coefficient (Wildman–Crippen LogP) is 13.9. The average Bonchev–Trinajstić information content (AvgIpc) is 3.46. The Morgan fingerprint density at radius 1 is 0.500 bits per heavy atom. The van der Waals surface area contributed by atoms with Gasteiger partial charge in [0.1, 0.15) is 0 Å². The molecule has 1 fully saturated rings. The molecule has 1 heterocycles. The third-order valence-electron chi connectivity index (χ3n) is 10.1.